The summed E-state index contributed by atoms with van der Waals surface area (Å²) in [6.45, 7) is 0.0437. The topological polar surface area (TPSA) is 77.0 Å². The van der Waals surface area contributed by atoms with Crippen LogP contribution in [0.5, 0.6) is 5.75 Å². The summed E-state index contributed by atoms with van der Waals surface area (Å²) in [7, 11) is 0. The molecule has 0 heterocycles. The first kappa shape index (κ1) is 23.4. The van der Waals surface area contributed by atoms with Gasteiger partial charge in [0, 0.05) is 0 Å². The Morgan fingerprint density at radius 2 is 1.39 bits per heavy atom. The molecule has 33 heavy (non-hydrogen) atoms. The molecule has 0 aliphatic carbocycles. The zero-order valence-electron chi connectivity index (χ0n) is 16.5. The first-order chi connectivity index (χ1) is 15.8. The number of hydrazone groups is 1. The molecule has 0 atom stereocenters. The molecule has 0 radical (unpaired) electrons. The number of hydrogen-bond donors (Lipinski definition) is 1. The van der Waals surface area contributed by atoms with Crippen LogP contribution in [-0.4, -0.2) is 18.3 Å². The number of esters is 1. The van der Waals surface area contributed by atoms with Crippen molar-refractivity contribution in [2.24, 2.45) is 5.10 Å². The van der Waals surface area contributed by atoms with Gasteiger partial charge >= 0.3 is 12.1 Å². The second kappa shape index (κ2) is 10.4. The molecule has 3 rings (SSSR count). The second-order valence-electron chi connectivity index (χ2n) is 6.34. The Hall–Kier alpha value is -4.28. The number of benzene rings is 3. The lowest BCUT2D eigenvalue weighted by Crippen LogP contribution is -2.18. The van der Waals surface area contributed by atoms with Crippen LogP contribution in [0, 0.1) is 29.1 Å². The van der Waals surface area contributed by atoms with Crippen molar-refractivity contribution in [2.75, 3.05) is 0 Å². The quantitative estimate of drug-likeness (QED) is 0.108. The predicted octanol–water partition coefficient (Wildman–Crippen LogP) is 4.86. The van der Waals surface area contributed by atoms with Crippen molar-refractivity contribution >= 4 is 18.3 Å². The third kappa shape index (κ3) is 5.70. The van der Waals surface area contributed by atoms with E-state index in [0.717, 1.165) is 17.7 Å². The van der Waals surface area contributed by atoms with Crippen LogP contribution < -0.4 is 10.2 Å². The number of carbonyl (C=O) groups is 2. The van der Waals surface area contributed by atoms with Crippen LogP contribution in [-0.2, 0) is 11.3 Å². The van der Waals surface area contributed by atoms with Gasteiger partial charge in [-0.2, -0.15) is 13.9 Å². The molecule has 3 aromatic carbocycles. The Kier molecular flexibility index (Phi) is 7.34. The number of nitrogens with one attached hydrogen (secondary N) is 1. The summed E-state index contributed by atoms with van der Waals surface area (Å²) in [5.41, 5.74) is 3.06. The van der Waals surface area contributed by atoms with Crippen molar-refractivity contribution in [2.45, 2.75) is 6.61 Å². The van der Waals surface area contributed by atoms with Crippen molar-refractivity contribution in [3.05, 3.63) is 100 Å². The highest BCUT2D eigenvalue weighted by atomic mass is 19.2. The average molecular weight is 464 g/mol. The SMILES string of the molecule is O=C(NN=Cc1ccc(C(=O)Oc2c(F)c(F)c(F)c(F)c2F)cc1)OCc1ccccc1. The van der Waals surface area contributed by atoms with Gasteiger partial charge in [-0.15, -0.1) is 0 Å². The van der Waals surface area contributed by atoms with Gasteiger partial charge in [0.05, 0.1) is 11.8 Å². The number of rotatable bonds is 6. The van der Waals surface area contributed by atoms with Gasteiger partial charge in [0.15, 0.2) is 0 Å². The number of ether oxygens (including phenoxy) is 2. The Morgan fingerprint density at radius 3 is 2.00 bits per heavy atom. The molecule has 0 unspecified atom stereocenters. The van der Waals surface area contributed by atoms with Crippen LogP contribution in [0.3, 0.4) is 0 Å². The molecule has 3 aromatic rings. The lowest BCUT2D eigenvalue weighted by molar-refractivity contribution is 0.0716. The van der Waals surface area contributed by atoms with Crippen LogP contribution in [0.15, 0.2) is 59.7 Å². The van der Waals surface area contributed by atoms with Crippen molar-refractivity contribution in [1.29, 1.82) is 0 Å². The van der Waals surface area contributed by atoms with E-state index in [4.69, 9.17) is 4.74 Å². The molecule has 0 aromatic heterocycles. The van der Waals surface area contributed by atoms with Gasteiger partial charge in [-0.25, -0.2) is 28.2 Å². The lowest BCUT2D eigenvalue weighted by atomic mass is 10.1. The standard InChI is InChI=1S/C22H13F5N2O4/c23-15-16(24)18(26)20(19(27)17(15)25)33-21(30)14-8-6-12(7-9-14)10-28-29-22(31)32-11-13-4-2-1-3-5-13/h1-10H,11H2,(H,29,31). The lowest BCUT2D eigenvalue weighted by Gasteiger charge is -2.09. The largest absolute Gasteiger partial charge is 0.443 e. The van der Waals surface area contributed by atoms with Gasteiger partial charge < -0.3 is 9.47 Å². The molecule has 0 bridgehead atoms. The van der Waals surface area contributed by atoms with E-state index in [2.05, 4.69) is 15.3 Å². The van der Waals surface area contributed by atoms with Gasteiger partial charge in [0.25, 0.3) is 0 Å². The number of hydrogen-bond acceptors (Lipinski definition) is 5. The van der Waals surface area contributed by atoms with E-state index in [0.29, 0.717) is 5.56 Å². The Bertz CT molecular complexity index is 1170. The van der Waals surface area contributed by atoms with Crippen molar-refractivity contribution in [3.63, 3.8) is 0 Å². The van der Waals surface area contributed by atoms with E-state index in [1.807, 2.05) is 6.07 Å². The highest BCUT2D eigenvalue weighted by Crippen LogP contribution is 2.29. The second-order valence-corrected chi connectivity index (χ2v) is 6.34. The van der Waals surface area contributed by atoms with E-state index in [1.165, 1.54) is 18.3 Å². The van der Waals surface area contributed by atoms with Gasteiger partial charge in [0.1, 0.15) is 6.61 Å². The third-order valence-electron chi connectivity index (χ3n) is 4.09. The third-order valence-corrected chi connectivity index (χ3v) is 4.09. The Morgan fingerprint density at radius 1 is 0.818 bits per heavy atom. The Balaban J connectivity index is 1.58. The minimum Gasteiger partial charge on any atom is -0.443 e. The number of nitrogens with zero attached hydrogens (tertiary/aromatic N) is 1. The first-order valence-corrected chi connectivity index (χ1v) is 9.11. The Labute approximate surface area is 183 Å². The zero-order chi connectivity index (χ0) is 24.0. The maximum atomic E-state index is 13.6. The molecular formula is C22H13F5N2O4. The number of amides is 1. The molecule has 0 spiro atoms. The van der Waals surface area contributed by atoms with Crippen LogP contribution in [0.1, 0.15) is 21.5 Å². The molecule has 1 N–H and O–H groups in total. The fourth-order valence-corrected chi connectivity index (χ4v) is 2.45. The molecule has 1 amide bonds. The summed E-state index contributed by atoms with van der Waals surface area (Å²) < 4.78 is 76.1. The van der Waals surface area contributed by atoms with Gasteiger partial charge in [-0.1, -0.05) is 42.5 Å². The summed E-state index contributed by atoms with van der Waals surface area (Å²) in [5, 5.41) is 3.66. The maximum Gasteiger partial charge on any atom is 0.428 e. The highest BCUT2D eigenvalue weighted by Gasteiger charge is 2.28. The van der Waals surface area contributed by atoms with E-state index in [1.54, 1.807) is 24.3 Å². The van der Waals surface area contributed by atoms with E-state index >= 15 is 0 Å². The van der Waals surface area contributed by atoms with Gasteiger partial charge in [-0.3, -0.25) is 0 Å². The van der Waals surface area contributed by atoms with E-state index in [-0.39, 0.29) is 12.2 Å². The normalized spacial score (nSPS) is 10.8. The molecular weight excluding hydrogens is 451 g/mol. The summed E-state index contributed by atoms with van der Waals surface area (Å²) in [4.78, 5) is 23.6. The summed E-state index contributed by atoms with van der Waals surface area (Å²) >= 11 is 0. The molecule has 11 heteroatoms. The zero-order valence-corrected chi connectivity index (χ0v) is 16.5. The summed E-state index contributed by atoms with van der Waals surface area (Å²) in [5.74, 6) is -14.4. The maximum absolute atomic E-state index is 13.6. The molecule has 170 valence electrons. The molecule has 0 aliphatic rings. The van der Waals surface area contributed by atoms with E-state index < -0.39 is 46.9 Å². The van der Waals surface area contributed by atoms with Crippen LogP contribution in [0.25, 0.3) is 0 Å². The van der Waals surface area contributed by atoms with Crippen molar-refractivity contribution in [1.82, 2.24) is 5.43 Å². The fourth-order valence-electron chi connectivity index (χ4n) is 2.45. The molecule has 0 saturated carbocycles. The van der Waals surface area contributed by atoms with Crippen molar-refractivity contribution in [3.8, 4) is 5.75 Å². The fraction of sp³-hybridized carbons (Fsp3) is 0.0455. The molecule has 0 aliphatic heterocycles. The molecule has 0 saturated heterocycles. The van der Waals surface area contributed by atoms with Crippen molar-refractivity contribution < 1.29 is 41.0 Å². The van der Waals surface area contributed by atoms with E-state index in [9.17, 15) is 31.5 Å². The smallest absolute Gasteiger partial charge is 0.428 e. The number of halogens is 5. The molecule has 0 fully saturated rings. The first-order valence-electron chi connectivity index (χ1n) is 9.11. The predicted molar refractivity (Wildman–Crippen MR) is 105 cm³/mol. The van der Waals surface area contributed by atoms with Crippen LogP contribution in [0.4, 0.5) is 26.7 Å². The highest BCUT2D eigenvalue weighted by molar-refractivity contribution is 5.92. The van der Waals surface area contributed by atoms with Gasteiger partial charge in [0.2, 0.25) is 34.8 Å². The number of carbonyl (C=O) groups excluding carboxylic acids is 2. The average Bonchev–Trinajstić information content (AvgIpc) is 2.84. The molecule has 6 nitrogen and oxygen atoms in total. The minimum atomic E-state index is -2.37. The van der Waals surface area contributed by atoms with Crippen LogP contribution >= 0.6 is 0 Å². The monoisotopic (exact) mass is 464 g/mol. The van der Waals surface area contributed by atoms with Crippen LogP contribution in [0.2, 0.25) is 0 Å². The summed E-state index contributed by atoms with van der Waals surface area (Å²) in [6.07, 6.45) is 0.404. The minimum absolute atomic E-state index is 0.0437. The summed E-state index contributed by atoms with van der Waals surface area (Å²) in [6, 6.07) is 13.9. The van der Waals surface area contributed by atoms with Gasteiger partial charge in [-0.05, 0) is 23.3 Å².